The fraction of sp³-hybridized carbons (Fsp3) is 0.727. The minimum absolute atomic E-state index is 0.293. The molecule has 1 saturated heterocycles. The molecule has 2 heterocycles. The molecule has 2 unspecified atom stereocenters. The number of nitrogens with two attached hydrogens (primary N) is 1. The van der Waals surface area contributed by atoms with Crippen LogP contribution >= 0.6 is 0 Å². The van der Waals surface area contributed by atoms with Crippen LogP contribution in [-0.4, -0.2) is 29.0 Å². The van der Waals surface area contributed by atoms with Crippen molar-refractivity contribution in [2.75, 3.05) is 13.2 Å². The molecule has 90 valence electrons. The number of aryl methyl sites for hydroxylation is 1. The van der Waals surface area contributed by atoms with Crippen molar-refractivity contribution in [3.05, 3.63) is 18.0 Å². The molecule has 2 atom stereocenters. The van der Waals surface area contributed by atoms with Crippen molar-refractivity contribution >= 4 is 0 Å². The Bertz CT molecular complexity index is 320. The molecule has 2 rings (SSSR count). The first-order chi connectivity index (χ1) is 7.78. The van der Waals surface area contributed by atoms with Gasteiger partial charge in [0.15, 0.2) is 0 Å². The number of hydrogen-bond donors (Lipinski definition) is 2. The summed E-state index contributed by atoms with van der Waals surface area (Å²) in [6.45, 7) is 1.77. The van der Waals surface area contributed by atoms with E-state index < -0.39 is 0 Å². The van der Waals surface area contributed by atoms with E-state index in [4.69, 9.17) is 10.6 Å². The van der Waals surface area contributed by atoms with Gasteiger partial charge < -0.3 is 4.74 Å². The van der Waals surface area contributed by atoms with E-state index in [-0.39, 0.29) is 0 Å². The molecule has 0 aliphatic carbocycles. The minimum atomic E-state index is 0.293. The number of aromatic nitrogens is 2. The summed E-state index contributed by atoms with van der Waals surface area (Å²) in [5, 5.41) is 4.36. The Morgan fingerprint density at radius 1 is 1.75 bits per heavy atom. The molecule has 1 aliphatic heterocycles. The fourth-order valence-corrected chi connectivity index (χ4v) is 2.21. The van der Waals surface area contributed by atoms with Gasteiger partial charge in [-0.1, -0.05) is 0 Å². The zero-order valence-electron chi connectivity index (χ0n) is 9.72. The summed E-state index contributed by atoms with van der Waals surface area (Å²) >= 11 is 0. The van der Waals surface area contributed by atoms with Gasteiger partial charge in [-0.2, -0.15) is 5.10 Å². The first kappa shape index (κ1) is 11.6. The number of nitrogens with zero attached hydrogens (tertiary/aromatic N) is 2. The molecule has 0 aromatic carbocycles. The molecule has 16 heavy (non-hydrogen) atoms. The van der Waals surface area contributed by atoms with Crippen LogP contribution in [0.2, 0.25) is 0 Å². The highest BCUT2D eigenvalue weighted by Gasteiger charge is 2.20. The van der Waals surface area contributed by atoms with Crippen LogP contribution < -0.4 is 11.3 Å². The molecule has 5 nitrogen and oxygen atoms in total. The summed E-state index contributed by atoms with van der Waals surface area (Å²) in [5.41, 5.74) is 3.97. The SMILES string of the molecule is Cn1ccc(CC(CC2CCOC2)NN)n1. The average Bonchev–Trinajstić information content (AvgIpc) is 2.89. The van der Waals surface area contributed by atoms with E-state index in [0.29, 0.717) is 12.0 Å². The van der Waals surface area contributed by atoms with Gasteiger partial charge in [-0.15, -0.1) is 0 Å². The van der Waals surface area contributed by atoms with E-state index in [0.717, 1.165) is 38.2 Å². The normalized spacial score (nSPS) is 22.5. The van der Waals surface area contributed by atoms with E-state index in [9.17, 15) is 0 Å². The lowest BCUT2D eigenvalue weighted by Gasteiger charge is -2.17. The second kappa shape index (κ2) is 5.43. The number of ether oxygens (including phenoxy) is 1. The van der Waals surface area contributed by atoms with E-state index in [2.05, 4.69) is 10.5 Å². The van der Waals surface area contributed by atoms with Crippen LogP contribution in [-0.2, 0) is 18.2 Å². The molecule has 1 aromatic rings. The topological polar surface area (TPSA) is 65.1 Å². The summed E-state index contributed by atoms with van der Waals surface area (Å²) in [4.78, 5) is 0. The molecule has 1 aliphatic rings. The van der Waals surface area contributed by atoms with Gasteiger partial charge in [0.2, 0.25) is 0 Å². The Morgan fingerprint density at radius 3 is 3.19 bits per heavy atom. The van der Waals surface area contributed by atoms with Crippen molar-refractivity contribution in [3.63, 3.8) is 0 Å². The molecule has 0 saturated carbocycles. The van der Waals surface area contributed by atoms with Crippen molar-refractivity contribution in [3.8, 4) is 0 Å². The van der Waals surface area contributed by atoms with E-state index in [1.807, 2.05) is 24.0 Å². The summed E-state index contributed by atoms with van der Waals surface area (Å²) in [7, 11) is 1.93. The van der Waals surface area contributed by atoms with Crippen LogP contribution in [0.3, 0.4) is 0 Å². The van der Waals surface area contributed by atoms with Crippen molar-refractivity contribution in [1.29, 1.82) is 0 Å². The second-order valence-corrected chi connectivity index (χ2v) is 4.51. The van der Waals surface area contributed by atoms with E-state index in [1.54, 1.807) is 0 Å². The van der Waals surface area contributed by atoms with Crippen LogP contribution in [0.1, 0.15) is 18.5 Å². The smallest absolute Gasteiger partial charge is 0.0640 e. The number of hydrazine groups is 1. The van der Waals surface area contributed by atoms with Gasteiger partial charge in [-0.25, -0.2) is 0 Å². The number of hydrogen-bond acceptors (Lipinski definition) is 4. The monoisotopic (exact) mass is 224 g/mol. The molecule has 0 bridgehead atoms. The molecule has 0 spiro atoms. The van der Waals surface area contributed by atoms with Crippen molar-refractivity contribution < 1.29 is 4.74 Å². The Labute approximate surface area is 95.9 Å². The third-order valence-corrected chi connectivity index (χ3v) is 3.10. The number of nitrogens with one attached hydrogen (secondary N) is 1. The largest absolute Gasteiger partial charge is 0.381 e. The lowest BCUT2D eigenvalue weighted by molar-refractivity contribution is 0.181. The molecule has 0 amide bonds. The van der Waals surface area contributed by atoms with Gasteiger partial charge in [0, 0.05) is 38.9 Å². The predicted octanol–water partition coefficient (Wildman–Crippen LogP) is 0.221. The maximum Gasteiger partial charge on any atom is 0.0640 e. The summed E-state index contributed by atoms with van der Waals surface area (Å²) in [6, 6.07) is 2.33. The standard InChI is InChI=1S/C11H20N4O/c1-15-4-2-10(14-15)7-11(13-12)6-9-3-5-16-8-9/h2,4,9,11,13H,3,5-8,12H2,1H3. The summed E-state index contributed by atoms with van der Waals surface area (Å²) < 4.78 is 7.19. The molecule has 3 N–H and O–H groups in total. The molecular formula is C11H20N4O. The zero-order chi connectivity index (χ0) is 11.4. The average molecular weight is 224 g/mol. The Balaban J connectivity index is 1.84. The highest BCUT2D eigenvalue weighted by atomic mass is 16.5. The molecule has 0 radical (unpaired) electrons. The minimum Gasteiger partial charge on any atom is -0.381 e. The lowest BCUT2D eigenvalue weighted by atomic mass is 9.97. The van der Waals surface area contributed by atoms with Crippen LogP contribution in [0.4, 0.5) is 0 Å². The van der Waals surface area contributed by atoms with Gasteiger partial charge in [-0.05, 0) is 24.8 Å². The van der Waals surface area contributed by atoms with E-state index in [1.165, 1.54) is 0 Å². The van der Waals surface area contributed by atoms with Gasteiger partial charge in [0.25, 0.3) is 0 Å². The quantitative estimate of drug-likeness (QED) is 0.555. The van der Waals surface area contributed by atoms with Crippen molar-refractivity contribution in [2.24, 2.45) is 18.8 Å². The van der Waals surface area contributed by atoms with E-state index >= 15 is 0 Å². The maximum atomic E-state index is 5.58. The van der Waals surface area contributed by atoms with Gasteiger partial charge in [0.1, 0.15) is 0 Å². The van der Waals surface area contributed by atoms with Crippen LogP contribution in [0.25, 0.3) is 0 Å². The van der Waals surface area contributed by atoms with Gasteiger partial charge in [0.05, 0.1) is 5.69 Å². The van der Waals surface area contributed by atoms with Crippen LogP contribution in [0.15, 0.2) is 12.3 Å². The molecule has 1 fully saturated rings. The highest BCUT2D eigenvalue weighted by molar-refractivity contribution is 5.01. The Hall–Kier alpha value is -0.910. The fourth-order valence-electron chi connectivity index (χ4n) is 2.21. The van der Waals surface area contributed by atoms with Gasteiger partial charge >= 0.3 is 0 Å². The first-order valence-electron chi connectivity index (χ1n) is 5.80. The van der Waals surface area contributed by atoms with Crippen molar-refractivity contribution in [2.45, 2.75) is 25.3 Å². The third kappa shape index (κ3) is 3.04. The summed E-state index contributed by atoms with van der Waals surface area (Å²) in [6.07, 6.45) is 5.06. The zero-order valence-corrected chi connectivity index (χ0v) is 9.72. The molecule has 1 aromatic heterocycles. The highest BCUT2D eigenvalue weighted by Crippen LogP contribution is 2.19. The van der Waals surface area contributed by atoms with Crippen molar-refractivity contribution in [1.82, 2.24) is 15.2 Å². The lowest BCUT2D eigenvalue weighted by Crippen LogP contribution is -2.38. The predicted molar refractivity (Wildman–Crippen MR) is 61.6 cm³/mol. The van der Waals surface area contributed by atoms with Crippen LogP contribution in [0, 0.1) is 5.92 Å². The first-order valence-corrected chi connectivity index (χ1v) is 5.80. The van der Waals surface area contributed by atoms with Gasteiger partial charge in [-0.3, -0.25) is 16.0 Å². The molecule has 5 heteroatoms. The maximum absolute atomic E-state index is 5.58. The van der Waals surface area contributed by atoms with Crippen LogP contribution in [0.5, 0.6) is 0 Å². The number of rotatable bonds is 5. The Kier molecular flexibility index (Phi) is 3.93. The molecular weight excluding hydrogens is 204 g/mol. The summed E-state index contributed by atoms with van der Waals surface area (Å²) in [5.74, 6) is 6.22. The second-order valence-electron chi connectivity index (χ2n) is 4.51. The Morgan fingerprint density at radius 2 is 2.62 bits per heavy atom. The third-order valence-electron chi connectivity index (χ3n) is 3.10.